The fraction of sp³-hybridized carbons (Fsp3) is 0.429. The van der Waals surface area contributed by atoms with Gasteiger partial charge in [-0.15, -0.1) is 0 Å². The molecule has 1 fully saturated rings. The number of benzene rings is 1. The Morgan fingerprint density at radius 1 is 1.22 bits per heavy atom. The van der Waals surface area contributed by atoms with Crippen LogP contribution in [-0.4, -0.2) is 68.4 Å². The van der Waals surface area contributed by atoms with E-state index in [-0.39, 0.29) is 23.2 Å². The highest BCUT2D eigenvalue weighted by molar-refractivity contribution is 8.00. The maximum Gasteiger partial charge on any atom is 0.447 e. The van der Waals surface area contributed by atoms with E-state index in [4.69, 9.17) is 14.2 Å². The van der Waals surface area contributed by atoms with E-state index in [1.165, 1.54) is 25.4 Å². The van der Waals surface area contributed by atoms with E-state index in [1.807, 2.05) is 12.1 Å². The van der Waals surface area contributed by atoms with Gasteiger partial charge in [-0.05, 0) is 29.8 Å². The normalized spacial score (nSPS) is 15.8. The molecular formula is C21H24F3N3O4S. The largest absolute Gasteiger partial charge is 0.493 e. The van der Waals surface area contributed by atoms with Crippen molar-refractivity contribution in [1.29, 1.82) is 0 Å². The lowest BCUT2D eigenvalue weighted by atomic mass is 10.0. The van der Waals surface area contributed by atoms with Crippen molar-refractivity contribution in [2.45, 2.75) is 16.6 Å². The van der Waals surface area contributed by atoms with Gasteiger partial charge in [0.05, 0.1) is 39.0 Å². The summed E-state index contributed by atoms with van der Waals surface area (Å²) < 4.78 is 54.7. The van der Waals surface area contributed by atoms with Gasteiger partial charge in [-0.1, -0.05) is 6.07 Å². The Morgan fingerprint density at radius 2 is 1.94 bits per heavy atom. The zero-order valence-corrected chi connectivity index (χ0v) is 18.5. The zero-order valence-electron chi connectivity index (χ0n) is 17.6. The van der Waals surface area contributed by atoms with Gasteiger partial charge in [0.15, 0.2) is 11.5 Å². The number of nitrogens with zero attached hydrogens (tertiary/aromatic N) is 2. The third-order valence-corrected chi connectivity index (χ3v) is 5.71. The zero-order chi connectivity index (χ0) is 23.1. The van der Waals surface area contributed by atoms with Crippen LogP contribution in [0.3, 0.4) is 0 Å². The lowest BCUT2D eigenvalue weighted by Crippen LogP contribution is -2.43. The van der Waals surface area contributed by atoms with Crippen LogP contribution in [0.25, 0.3) is 0 Å². The molecule has 2 aromatic rings. The van der Waals surface area contributed by atoms with E-state index < -0.39 is 23.2 Å². The molecule has 1 aliphatic heterocycles. The van der Waals surface area contributed by atoms with E-state index in [0.717, 1.165) is 5.56 Å². The fourth-order valence-electron chi connectivity index (χ4n) is 3.45. The minimum atomic E-state index is -4.54. The molecule has 0 saturated carbocycles. The highest BCUT2D eigenvalue weighted by Gasteiger charge is 2.32. The Bertz CT molecular complexity index is 923. The number of methoxy groups -OCH3 is 2. The average Bonchev–Trinajstić information content (AvgIpc) is 2.79. The lowest BCUT2D eigenvalue weighted by molar-refractivity contribution is -0.0329. The monoisotopic (exact) mass is 471 g/mol. The molecule has 0 spiro atoms. The highest BCUT2D eigenvalue weighted by Crippen LogP contribution is 2.37. The van der Waals surface area contributed by atoms with Crippen LogP contribution in [0.4, 0.5) is 13.2 Å². The van der Waals surface area contributed by atoms with Crippen LogP contribution < -0.4 is 14.8 Å². The van der Waals surface area contributed by atoms with Crippen molar-refractivity contribution in [2.24, 2.45) is 0 Å². The van der Waals surface area contributed by atoms with Crippen LogP contribution in [0.15, 0.2) is 41.6 Å². The molecule has 1 aromatic heterocycles. The summed E-state index contributed by atoms with van der Waals surface area (Å²) >= 11 is -0.406. The Morgan fingerprint density at radius 3 is 2.59 bits per heavy atom. The Balaban J connectivity index is 1.82. The summed E-state index contributed by atoms with van der Waals surface area (Å²) in [6.45, 7) is 2.58. The number of alkyl halides is 3. The second kappa shape index (κ2) is 10.9. The standard InChI is InChI=1S/C21H24F3N3O4S/c1-29-17-6-5-14(12-18(17)30-2)16(27-8-10-31-11-9-27)13-26-19(28)15-4-3-7-25-20(15)32-21(22,23)24/h3-7,12,16H,8-11,13H2,1-2H3,(H,26,28). The molecule has 1 unspecified atom stereocenters. The Kier molecular flexibility index (Phi) is 8.21. The first-order valence-electron chi connectivity index (χ1n) is 9.85. The highest BCUT2D eigenvalue weighted by atomic mass is 32.2. The summed E-state index contributed by atoms with van der Waals surface area (Å²) in [6, 6.07) is 8.02. The van der Waals surface area contributed by atoms with Crippen molar-refractivity contribution < 1.29 is 32.2 Å². The molecule has 32 heavy (non-hydrogen) atoms. The molecule has 0 aliphatic carbocycles. The van der Waals surface area contributed by atoms with Crippen LogP contribution in [0, 0.1) is 0 Å². The quantitative estimate of drug-likeness (QED) is 0.591. The number of amides is 1. The van der Waals surface area contributed by atoms with E-state index in [9.17, 15) is 18.0 Å². The molecule has 1 saturated heterocycles. The third-order valence-electron chi connectivity index (χ3n) is 4.96. The van der Waals surface area contributed by atoms with Crippen LogP contribution in [0.2, 0.25) is 0 Å². The minimum Gasteiger partial charge on any atom is -0.493 e. The maximum absolute atomic E-state index is 12.8. The summed E-state index contributed by atoms with van der Waals surface area (Å²) in [4.78, 5) is 18.7. The maximum atomic E-state index is 12.8. The third kappa shape index (κ3) is 6.27. The van der Waals surface area contributed by atoms with Crippen molar-refractivity contribution in [3.63, 3.8) is 0 Å². The number of halogens is 3. The number of ether oxygens (including phenoxy) is 3. The average molecular weight is 472 g/mol. The first-order chi connectivity index (χ1) is 15.3. The second-order valence-corrected chi connectivity index (χ2v) is 7.95. The molecule has 0 radical (unpaired) electrons. The van der Waals surface area contributed by atoms with Crippen molar-refractivity contribution in [2.75, 3.05) is 47.1 Å². The van der Waals surface area contributed by atoms with Gasteiger partial charge < -0.3 is 19.5 Å². The predicted octanol–water partition coefficient (Wildman–Crippen LogP) is 3.51. The molecule has 1 atom stereocenters. The molecule has 1 amide bonds. The molecule has 11 heteroatoms. The number of rotatable bonds is 8. The lowest BCUT2D eigenvalue weighted by Gasteiger charge is -2.35. The summed E-state index contributed by atoms with van der Waals surface area (Å²) in [6.07, 6.45) is 1.23. The van der Waals surface area contributed by atoms with Crippen molar-refractivity contribution in [3.8, 4) is 11.5 Å². The summed E-state index contributed by atoms with van der Waals surface area (Å²) in [5, 5.41) is 2.39. The molecule has 2 heterocycles. The number of hydrogen-bond donors (Lipinski definition) is 1. The minimum absolute atomic E-state index is 0.122. The van der Waals surface area contributed by atoms with Crippen LogP contribution in [0.5, 0.6) is 11.5 Å². The van der Waals surface area contributed by atoms with Gasteiger partial charge in [0.25, 0.3) is 5.91 Å². The SMILES string of the molecule is COc1ccc(C(CNC(=O)c2cccnc2SC(F)(F)F)N2CCOCC2)cc1OC. The molecule has 1 aliphatic rings. The van der Waals surface area contributed by atoms with Gasteiger partial charge in [-0.3, -0.25) is 9.69 Å². The summed E-state index contributed by atoms with van der Waals surface area (Å²) in [5.74, 6) is 0.500. The van der Waals surface area contributed by atoms with E-state index >= 15 is 0 Å². The summed E-state index contributed by atoms with van der Waals surface area (Å²) in [5.41, 5.74) is -3.79. The molecule has 1 aromatic carbocycles. The molecule has 174 valence electrons. The number of nitrogens with one attached hydrogen (secondary N) is 1. The smallest absolute Gasteiger partial charge is 0.447 e. The van der Waals surface area contributed by atoms with Crippen molar-refractivity contribution in [3.05, 3.63) is 47.7 Å². The van der Waals surface area contributed by atoms with Crippen molar-refractivity contribution >= 4 is 17.7 Å². The number of carbonyl (C=O) groups is 1. The van der Waals surface area contributed by atoms with E-state index in [2.05, 4.69) is 15.2 Å². The van der Waals surface area contributed by atoms with Gasteiger partial charge in [0.2, 0.25) is 0 Å². The van der Waals surface area contributed by atoms with Crippen molar-refractivity contribution in [1.82, 2.24) is 15.2 Å². The number of pyridine rings is 1. The first-order valence-corrected chi connectivity index (χ1v) is 10.7. The van der Waals surface area contributed by atoms with Gasteiger partial charge >= 0.3 is 5.51 Å². The molecule has 3 rings (SSSR count). The Hall–Kier alpha value is -2.50. The van der Waals surface area contributed by atoms with Gasteiger partial charge in [0.1, 0.15) is 5.03 Å². The fourth-order valence-corrected chi connectivity index (χ4v) is 4.05. The molecule has 7 nitrogen and oxygen atoms in total. The predicted molar refractivity (Wildman–Crippen MR) is 113 cm³/mol. The Labute approximate surface area is 188 Å². The van der Waals surface area contributed by atoms with Crippen LogP contribution >= 0.6 is 11.8 Å². The number of morpholine rings is 1. The number of thioether (sulfide) groups is 1. The molecule has 0 bridgehead atoms. The van der Waals surface area contributed by atoms with Crippen LogP contribution in [0.1, 0.15) is 22.0 Å². The summed E-state index contributed by atoms with van der Waals surface area (Å²) in [7, 11) is 3.08. The van der Waals surface area contributed by atoms with Gasteiger partial charge in [0, 0.05) is 37.6 Å². The topological polar surface area (TPSA) is 72.9 Å². The number of carbonyl (C=O) groups excluding carboxylic acids is 1. The second-order valence-electron chi connectivity index (χ2n) is 6.89. The van der Waals surface area contributed by atoms with Gasteiger partial charge in [-0.25, -0.2) is 4.98 Å². The number of hydrogen-bond acceptors (Lipinski definition) is 7. The van der Waals surface area contributed by atoms with Crippen LogP contribution in [-0.2, 0) is 4.74 Å². The van der Waals surface area contributed by atoms with E-state index in [1.54, 1.807) is 13.2 Å². The molecule has 1 N–H and O–H groups in total. The van der Waals surface area contributed by atoms with Gasteiger partial charge in [-0.2, -0.15) is 13.2 Å². The first kappa shape index (κ1) is 24.1. The number of aromatic nitrogens is 1. The van der Waals surface area contributed by atoms with E-state index in [0.29, 0.717) is 37.8 Å². The molecular weight excluding hydrogens is 447 g/mol.